The molecule has 0 unspecified atom stereocenters. The van der Waals surface area contributed by atoms with E-state index in [2.05, 4.69) is 10.1 Å². The highest BCUT2D eigenvalue weighted by Gasteiger charge is 2.36. The predicted molar refractivity (Wildman–Crippen MR) is 83.5 cm³/mol. The van der Waals surface area contributed by atoms with Crippen LogP contribution >= 0.6 is 0 Å². The topological polar surface area (TPSA) is 30.7 Å². The van der Waals surface area contributed by atoms with Crippen molar-refractivity contribution in [3.05, 3.63) is 47.5 Å². The van der Waals surface area contributed by atoms with Gasteiger partial charge in [-0.1, -0.05) is 49.6 Å². The molecule has 0 N–H and O–H groups in total. The van der Waals surface area contributed by atoms with E-state index in [1.165, 1.54) is 12.8 Å². The van der Waals surface area contributed by atoms with Crippen LogP contribution in [-0.2, 0) is 0 Å². The Morgan fingerprint density at radius 2 is 2.00 bits per heavy atom. The van der Waals surface area contributed by atoms with E-state index in [-0.39, 0.29) is 17.7 Å². The Kier molecular flexibility index (Phi) is 3.87. The summed E-state index contributed by atoms with van der Waals surface area (Å²) >= 11 is 0. The summed E-state index contributed by atoms with van der Waals surface area (Å²) in [5.74, 6) is 1.23. The van der Waals surface area contributed by atoms with Crippen LogP contribution in [-0.4, -0.2) is 14.8 Å². The standard InChI is InChI=1S/C18H21F2N3/c19-14(8-4-5-12-9-10-12)17-21-18-15(20)11-16(23(18)22-17)13-6-2-1-3-7-13/h1-3,6-7,12,14-16H,4-5,8-11H2/t14-,15-,16-/m0/s1. The molecule has 2 aliphatic rings. The van der Waals surface area contributed by atoms with Gasteiger partial charge >= 0.3 is 0 Å². The Morgan fingerprint density at radius 1 is 1.22 bits per heavy atom. The molecule has 0 amide bonds. The zero-order valence-corrected chi connectivity index (χ0v) is 13.0. The van der Waals surface area contributed by atoms with E-state index in [0.29, 0.717) is 12.8 Å². The summed E-state index contributed by atoms with van der Waals surface area (Å²) in [5.41, 5.74) is 0.995. The quantitative estimate of drug-likeness (QED) is 0.761. The molecule has 3 nitrogen and oxygen atoms in total. The van der Waals surface area contributed by atoms with Crippen molar-refractivity contribution < 1.29 is 8.78 Å². The zero-order valence-electron chi connectivity index (χ0n) is 13.0. The van der Waals surface area contributed by atoms with Crippen LogP contribution in [0.4, 0.5) is 8.78 Å². The molecule has 1 aromatic carbocycles. The first-order valence-electron chi connectivity index (χ1n) is 8.52. The van der Waals surface area contributed by atoms with Crippen LogP contribution in [0, 0.1) is 5.92 Å². The van der Waals surface area contributed by atoms with E-state index in [0.717, 1.165) is 24.3 Å². The fourth-order valence-corrected chi connectivity index (χ4v) is 3.40. The van der Waals surface area contributed by atoms with Crippen LogP contribution in [0.15, 0.2) is 30.3 Å². The molecular weight excluding hydrogens is 296 g/mol. The van der Waals surface area contributed by atoms with E-state index >= 15 is 0 Å². The van der Waals surface area contributed by atoms with Gasteiger partial charge in [-0.3, -0.25) is 0 Å². The summed E-state index contributed by atoms with van der Waals surface area (Å²) in [6, 6.07) is 9.51. The molecule has 4 rings (SSSR count). The van der Waals surface area contributed by atoms with E-state index < -0.39 is 12.3 Å². The van der Waals surface area contributed by atoms with Gasteiger partial charge < -0.3 is 0 Å². The highest BCUT2D eigenvalue weighted by Crippen LogP contribution is 2.40. The highest BCUT2D eigenvalue weighted by atomic mass is 19.1. The number of rotatable bonds is 6. The Morgan fingerprint density at radius 3 is 2.74 bits per heavy atom. The fourth-order valence-electron chi connectivity index (χ4n) is 3.40. The lowest BCUT2D eigenvalue weighted by Crippen LogP contribution is -2.08. The smallest absolute Gasteiger partial charge is 0.185 e. The van der Waals surface area contributed by atoms with Gasteiger partial charge in [0, 0.05) is 6.42 Å². The average Bonchev–Trinajstić information content (AvgIpc) is 3.19. The second-order valence-electron chi connectivity index (χ2n) is 6.74. The molecule has 2 heterocycles. The maximum absolute atomic E-state index is 14.4. The number of hydrogen-bond donors (Lipinski definition) is 0. The summed E-state index contributed by atoms with van der Waals surface area (Å²) in [6.07, 6.45) is 2.94. The number of nitrogens with zero attached hydrogens (tertiary/aromatic N) is 3. The van der Waals surface area contributed by atoms with Crippen molar-refractivity contribution in [1.29, 1.82) is 0 Å². The molecule has 1 fully saturated rings. The number of alkyl halides is 2. The predicted octanol–water partition coefficient (Wildman–Crippen LogP) is 4.87. The van der Waals surface area contributed by atoms with Crippen molar-refractivity contribution in [1.82, 2.24) is 14.8 Å². The lowest BCUT2D eigenvalue weighted by Gasteiger charge is -2.11. The lowest BCUT2D eigenvalue weighted by molar-refractivity contribution is 0.289. The number of fused-ring (bicyclic) bond motifs is 1. The maximum atomic E-state index is 14.4. The SMILES string of the molecule is F[C@@H](CCCC1CC1)c1nc2n(n1)[C@H](c1ccccc1)C[C@@H]2F. The van der Waals surface area contributed by atoms with Gasteiger partial charge in [-0.25, -0.2) is 18.4 Å². The molecule has 0 spiro atoms. The maximum Gasteiger partial charge on any atom is 0.185 e. The molecule has 0 radical (unpaired) electrons. The first-order valence-corrected chi connectivity index (χ1v) is 8.52. The molecule has 1 aromatic heterocycles. The van der Waals surface area contributed by atoms with Crippen LogP contribution < -0.4 is 0 Å². The fraction of sp³-hybridized carbons (Fsp3) is 0.556. The molecule has 2 aromatic rings. The van der Waals surface area contributed by atoms with Crippen LogP contribution in [0.25, 0.3) is 0 Å². The molecule has 23 heavy (non-hydrogen) atoms. The molecule has 5 heteroatoms. The molecule has 0 saturated heterocycles. The van der Waals surface area contributed by atoms with Crippen LogP contribution in [0.5, 0.6) is 0 Å². The van der Waals surface area contributed by atoms with Gasteiger partial charge in [0.05, 0.1) is 6.04 Å². The third kappa shape index (κ3) is 3.01. The third-order valence-electron chi connectivity index (χ3n) is 4.91. The largest absolute Gasteiger partial charge is 0.239 e. The van der Waals surface area contributed by atoms with Gasteiger partial charge in [0.2, 0.25) is 0 Å². The van der Waals surface area contributed by atoms with Gasteiger partial charge in [0.15, 0.2) is 24.0 Å². The molecular formula is C18H21F2N3. The van der Waals surface area contributed by atoms with Gasteiger partial charge in [0.25, 0.3) is 0 Å². The Balaban J connectivity index is 1.50. The molecule has 3 atom stereocenters. The molecule has 1 saturated carbocycles. The van der Waals surface area contributed by atoms with Gasteiger partial charge in [0.1, 0.15) is 0 Å². The minimum atomic E-state index is -1.18. The van der Waals surface area contributed by atoms with Gasteiger partial charge in [-0.15, -0.1) is 0 Å². The van der Waals surface area contributed by atoms with Crippen molar-refractivity contribution in [2.24, 2.45) is 5.92 Å². The lowest BCUT2D eigenvalue weighted by atomic mass is 10.0. The molecule has 0 bridgehead atoms. The van der Waals surface area contributed by atoms with Crippen molar-refractivity contribution in [3.63, 3.8) is 0 Å². The summed E-state index contributed by atoms with van der Waals surface area (Å²) in [7, 11) is 0. The number of hydrogen-bond acceptors (Lipinski definition) is 2. The van der Waals surface area contributed by atoms with E-state index in [1.807, 2.05) is 30.3 Å². The van der Waals surface area contributed by atoms with E-state index in [1.54, 1.807) is 4.68 Å². The second-order valence-corrected chi connectivity index (χ2v) is 6.74. The molecule has 1 aliphatic heterocycles. The number of aromatic nitrogens is 3. The minimum Gasteiger partial charge on any atom is -0.239 e. The van der Waals surface area contributed by atoms with Crippen LogP contribution in [0.1, 0.15) is 74.1 Å². The first kappa shape index (κ1) is 14.8. The van der Waals surface area contributed by atoms with Gasteiger partial charge in [-0.2, -0.15) is 5.10 Å². The summed E-state index contributed by atoms with van der Waals surface area (Å²) in [5, 5.41) is 4.30. The van der Waals surface area contributed by atoms with Crippen molar-refractivity contribution in [3.8, 4) is 0 Å². The van der Waals surface area contributed by atoms with Crippen LogP contribution in [0.3, 0.4) is 0 Å². The number of benzene rings is 1. The van der Waals surface area contributed by atoms with E-state index in [4.69, 9.17) is 0 Å². The average molecular weight is 317 g/mol. The summed E-state index contributed by atoms with van der Waals surface area (Å²) < 4.78 is 30.2. The van der Waals surface area contributed by atoms with Crippen molar-refractivity contribution >= 4 is 0 Å². The summed E-state index contributed by atoms with van der Waals surface area (Å²) in [6.45, 7) is 0. The van der Waals surface area contributed by atoms with Crippen molar-refractivity contribution in [2.75, 3.05) is 0 Å². The Hall–Kier alpha value is -1.78. The molecule has 1 aliphatic carbocycles. The zero-order chi connectivity index (χ0) is 15.8. The monoisotopic (exact) mass is 317 g/mol. The highest BCUT2D eigenvalue weighted by molar-refractivity contribution is 5.23. The minimum absolute atomic E-state index is 0.152. The summed E-state index contributed by atoms with van der Waals surface area (Å²) in [4.78, 5) is 4.16. The van der Waals surface area contributed by atoms with E-state index in [9.17, 15) is 8.78 Å². The normalized spacial score (nSPS) is 24.6. The Bertz CT molecular complexity index is 666. The first-order chi connectivity index (χ1) is 11.2. The second kappa shape index (κ2) is 6.02. The third-order valence-corrected chi connectivity index (χ3v) is 4.91. The van der Waals surface area contributed by atoms with Crippen LogP contribution in [0.2, 0.25) is 0 Å². The molecule has 122 valence electrons. The Labute approximate surface area is 134 Å². The number of halogens is 2. The van der Waals surface area contributed by atoms with Crippen molar-refractivity contribution in [2.45, 2.75) is 56.9 Å². The van der Waals surface area contributed by atoms with Gasteiger partial charge in [-0.05, 0) is 24.3 Å².